The summed E-state index contributed by atoms with van der Waals surface area (Å²) in [4.78, 5) is 16.5. The first-order chi connectivity index (χ1) is 10.8. The second-order valence-electron chi connectivity index (χ2n) is 5.74. The number of carbonyl (C=O) groups is 1. The minimum absolute atomic E-state index is 0.0689. The summed E-state index contributed by atoms with van der Waals surface area (Å²) in [6.45, 7) is 1.92. The lowest BCUT2D eigenvalue weighted by Crippen LogP contribution is -2.43. The van der Waals surface area contributed by atoms with Gasteiger partial charge in [-0.3, -0.25) is 9.78 Å². The molecule has 1 saturated heterocycles. The third-order valence-corrected chi connectivity index (χ3v) is 4.28. The number of carbonyl (C=O) groups excluding carboxylic acids is 1. The van der Waals surface area contributed by atoms with Crippen LogP contribution in [0.5, 0.6) is 0 Å². The number of nitrogens with zero attached hydrogens (tertiary/aromatic N) is 2. The molecule has 5 heteroatoms. The lowest BCUT2D eigenvalue weighted by molar-refractivity contribution is -0.124. The number of aromatic nitrogens is 2. The molecule has 0 aromatic carbocycles. The number of hydrogen-bond acceptors (Lipinski definition) is 3. The molecule has 22 heavy (non-hydrogen) atoms. The van der Waals surface area contributed by atoms with E-state index in [2.05, 4.69) is 14.9 Å². The van der Waals surface area contributed by atoms with E-state index in [1.54, 1.807) is 12.4 Å². The predicted molar refractivity (Wildman–Crippen MR) is 83.2 cm³/mol. The molecule has 0 radical (unpaired) electrons. The van der Waals surface area contributed by atoms with Crippen LogP contribution in [0.4, 0.5) is 0 Å². The van der Waals surface area contributed by atoms with Crippen molar-refractivity contribution in [2.24, 2.45) is 0 Å². The third kappa shape index (κ3) is 3.36. The molecule has 2 aromatic heterocycles. The van der Waals surface area contributed by atoms with Crippen molar-refractivity contribution < 1.29 is 9.53 Å². The van der Waals surface area contributed by atoms with Crippen LogP contribution in [0.3, 0.4) is 0 Å². The zero-order valence-electron chi connectivity index (χ0n) is 12.6. The molecule has 1 amide bonds. The quantitative estimate of drug-likeness (QED) is 0.920. The number of pyridine rings is 1. The van der Waals surface area contributed by atoms with Crippen LogP contribution in [0.15, 0.2) is 49.1 Å². The minimum Gasteiger partial charge on any atom is -0.381 e. The van der Waals surface area contributed by atoms with E-state index in [-0.39, 0.29) is 11.4 Å². The second kappa shape index (κ2) is 6.75. The molecule has 0 atom stereocenters. The molecule has 116 valence electrons. The molecule has 0 saturated carbocycles. The van der Waals surface area contributed by atoms with Crippen molar-refractivity contribution in [3.63, 3.8) is 0 Å². The standard InChI is InChI=1S/C17H21N3O2/c21-16(19-14-15-4-3-7-18-13-15)12-17(5-10-22-11-6-17)20-8-1-2-9-20/h1-4,7-9,13H,5-6,10-12,14H2,(H,19,21). The van der Waals surface area contributed by atoms with Crippen LogP contribution in [-0.2, 0) is 21.6 Å². The zero-order valence-corrected chi connectivity index (χ0v) is 12.6. The van der Waals surface area contributed by atoms with Crippen molar-refractivity contribution in [1.82, 2.24) is 14.9 Å². The van der Waals surface area contributed by atoms with E-state index in [9.17, 15) is 4.79 Å². The number of rotatable bonds is 5. The van der Waals surface area contributed by atoms with Gasteiger partial charge in [-0.05, 0) is 36.6 Å². The fourth-order valence-electron chi connectivity index (χ4n) is 2.99. The van der Waals surface area contributed by atoms with Gasteiger partial charge in [-0.1, -0.05) is 6.07 Å². The van der Waals surface area contributed by atoms with Crippen LogP contribution in [0.1, 0.15) is 24.8 Å². The van der Waals surface area contributed by atoms with Gasteiger partial charge in [0.05, 0.1) is 12.0 Å². The van der Waals surface area contributed by atoms with Crippen molar-refractivity contribution in [1.29, 1.82) is 0 Å². The SMILES string of the molecule is O=C(CC1(n2cccc2)CCOCC1)NCc1cccnc1. The molecule has 1 fully saturated rings. The smallest absolute Gasteiger partial charge is 0.222 e. The van der Waals surface area contributed by atoms with Gasteiger partial charge in [0.25, 0.3) is 0 Å². The van der Waals surface area contributed by atoms with Gasteiger partial charge < -0.3 is 14.6 Å². The monoisotopic (exact) mass is 299 g/mol. The molecule has 2 aromatic rings. The summed E-state index contributed by atoms with van der Waals surface area (Å²) in [5.41, 5.74) is 0.846. The summed E-state index contributed by atoms with van der Waals surface area (Å²) >= 11 is 0. The lowest BCUT2D eigenvalue weighted by atomic mass is 9.86. The van der Waals surface area contributed by atoms with Crippen LogP contribution in [0, 0.1) is 0 Å². The van der Waals surface area contributed by atoms with Gasteiger partial charge in [0.1, 0.15) is 0 Å². The third-order valence-electron chi connectivity index (χ3n) is 4.28. The molecule has 5 nitrogen and oxygen atoms in total. The highest BCUT2D eigenvalue weighted by atomic mass is 16.5. The van der Waals surface area contributed by atoms with E-state index >= 15 is 0 Å². The largest absolute Gasteiger partial charge is 0.381 e. The Labute approximate surface area is 130 Å². The van der Waals surface area contributed by atoms with Crippen molar-refractivity contribution in [3.8, 4) is 0 Å². The molecular weight excluding hydrogens is 278 g/mol. The Bertz CT molecular complexity index is 590. The van der Waals surface area contributed by atoms with Gasteiger partial charge in [-0.2, -0.15) is 0 Å². The molecule has 0 bridgehead atoms. The Balaban J connectivity index is 1.64. The summed E-state index contributed by atoms with van der Waals surface area (Å²) in [6, 6.07) is 7.85. The van der Waals surface area contributed by atoms with E-state index in [1.165, 1.54) is 0 Å². The van der Waals surface area contributed by atoms with Crippen molar-refractivity contribution in [3.05, 3.63) is 54.6 Å². The highest BCUT2D eigenvalue weighted by Gasteiger charge is 2.35. The Hall–Kier alpha value is -2.14. The average molecular weight is 299 g/mol. The summed E-state index contributed by atoms with van der Waals surface area (Å²) in [6.07, 6.45) is 9.79. The molecule has 1 aliphatic rings. The summed E-state index contributed by atoms with van der Waals surface area (Å²) < 4.78 is 7.65. The average Bonchev–Trinajstić information content (AvgIpc) is 3.10. The van der Waals surface area contributed by atoms with Crippen LogP contribution >= 0.6 is 0 Å². The van der Waals surface area contributed by atoms with Gasteiger partial charge in [0.15, 0.2) is 0 Å². The van der Waals surface area contributed by atoms with E-state index in [0.29, 0.717) is 26.2 Å². The van der Waals surface area contributed by atoms with Gasteiger partial charge in [0, 0.05) is 44.5 Å². The summed E-state index contributed by atoms with van der Waals surface area (Å²) in [7, 11) is 0. The molecule has 3 heterocycles. The van der Waals surface area contributed by atoms with E-state index in [4.69, 9.17) is 4.74 Å². The van der Waals surface area contributed by atoms with Crippen LogP contribution in [0.2, 0.25) is 0 Å². The number of ether oxygens (including phenoxy) is 1. The summed E-state index contributed by atoms with van der Waals surface area (Å²) in [5.74, 6) is 0.0689. The fraction of sp³-hybridized carbons (Fsp3) is 0.412. The van der Waals surface area contributed by atoms with Crippen LogP contribution < -0.4 is 5.32 Å². The Morgan fingerprint density at radius 1 is 1.27 bits per heavy atom. The lowest BCUT2D eigenvalue weighted by Gasteiger charge is -2.38. The second-order valence-corrected chi connectivity index (χ2v) is 5.74. The first-order valence-corrected chi connectivity index (χ1v) is 7.65. The number of hydrogen-bond donors (Lipinski definition) is 1. The van der Waals surface area contributed by atoms with Gasteiger partial charge in [-0.15, -0.1) is 0 Å². The zero-order chi connectivity index (χ0) is 15.3. The van der Waals surface area contributed by atoms with Gasteiger partial charge in [-0.25, -0.2) is 0 Å². The Morgan fingerprint density at radius 3 is 2.73 bits per heavy atom. The number of nitrogens with one attached hydrogen (secondary N) is 1. The van der Waals surface area contributed by atoms with Gasteiger partial charge in [0.2, 0.25) is 5.91 Å². The van der Waals surface area contributed by atoms with Crippen LogP contribution in [-0.4, -0.2) is 28.7 Å². The van der Waals surface area contributed by atoms with Crippen molar-refractivity contribution in [2.75, 3.05) is 13.2 Å². The maximum absolute atomic E-state index is 12.4. The minimum atomic E-state index is -0.166. The molecule has 0 spiro atoms. The van der Waals surface area contributed by atoms with Crippen LogP contribution in [0.25, 0.3) is 0 Å². The first kappa shape index (κ1) is 14.8. The normalized spacial score (nSPS) is 17.1. The Morgan fingerprint density at radius 2 is 2.05 bits per heavy atom. The highest BCUT2D eigenvalue weighted by molar-refractivity contribution is 5.77. The van der Waals surface area contributed by atoms with Crippen molar-refractivity contribution in [2.45, 2.75) is 31.3 Å². The number of amides is 1. The molecule has 1 N–H and O–H groups in total. The summed E-state index contributed by atoms with van der Waals surface area (Å²) in [5, 5.41) is 3.00. The topological polar surface area (TPSA) is 56.1 Å². The maximum Gasteiger partial charge on any atom is 0.222 e. The molecule has 0 unspecified atom stereocenters. The molecular formula is C17H21N3O2. The molecule has 3 rings (SSSR count). The maximum atomic E-state index is 12.4. The van der Waals surface area contributed by atoms with Crippen molar-refractivity contribution >= 4 is 5.91 Å². The van der Waals surface area contributed by atoms with E-state index in [0.717, 1.165) is 18.4 Å². The van der Waals surface area contributed by atoms with E-state index in [1.807, 2.05) is 36.7 Å². The highest BCUT2D eigenvalue weighted by Crippen LogP contribution is 2.32. The van der Waals surface area contributed by atoms with E-state index < -0.39 is 0 Å². The van der Waals surface area contributed by atoms with Gasteiger partial charge >= 0.3 is 0 Å². The predicted octanol–water partition coefficient (Wildman–Crippen LogP) is 2.10. The first-order valence-electron chi connectivity index (χ1n) is 7.65. The molecule has 0 aliphatic carbocycles. The molecule has 1 aliphatic heterocycles. The fourth-order valence-corrected chi connectivity index (χ4v) is 2.99. The Kier molecular flexibility index (Phi) is 4.53.